The molecule has 1 aromatic heterocycles. The molecule has 9 nitrogen and oxygen atoms in total. The molecular weight excluding hydrogens is 430 g/mol. The molecule has 0 saturated carbocycles. The third-order valence-electron chi connectivity index (χ3n) is 4.75. The minimum atomic E-state index is -3.79. The van der Waals surface area contributed by atoms with Crippen LogP contribution < -0.4 is 15.2 Å². The van der Waals surface area contributed by atoms with Gasteiger partial charge in [0.25, 0.3) is 21.8 Å². The molecule has 10 heteroatoms. The molecule has 0 aliphatic rings. The molecule has 0 bridgehead atoms. The van der Waals surface area contributed by atoms with Gasteiger partial charge in [-0.25, -0.2) is 8.42 Å². The summed E-state index contributed by atoms with van der Waals surface area (Å²) in [6, 6.07) is 16.2. The van der Waals surface area contributed by atoms with Crippen molar-refractivity contribution in [2.75, 3.05) is 10.8 Å². The zero-order chi connectivity index (χ0) is 23.3. The van der Waals surface area contributed by atoms with Gasteiger partial charge in [0, 0.05) is 17.8 Å². The molecule has 0 spiro atoms. The summed E-state index contributed by atoms with van der Waals surface area (Å²) in [5, 5.41) is 4.19. The Morgan fingerprint density at radius 2 is 1.66 bits per heavy atom. The number of hydrazine groups is 1. The topological polar surface area (TPSA) is 113 Å². The first-order valence-electron chi connectivity index (χ1n) is 10.0. The van der Waals surface area contributed by atoms with Crippen LogP contribution in [0, 0.1) is 13.8 Å². The van der Waals surface area contributed by atoms with Gasteiger partial charge in [0.15, 0.2) is 0 Å². The molecule has 0 saturated heterocycles. The van der Waals surface area contributed by atoms with E-state index < -0.39 is 21.8 Å². The fraction of sp³-hybridized carbons (Fsp3) is 0.227. The highest BCUT2D eigenvalue weighted by molar-refractivity contribution is 7.92. The van der Waals surface area contributed by atoms with Crippen LogP contribution in [-0.2, 0) is 21.4 Å². The third-order valence-corrected chi connectivity index (χ3v) is 6.67. The summed E-state index contributed by atoms with van der Waals surface area (Å²) < 4.78 is 28.9. The lowest BCUT2D eigenvalue weighted by Crippen LogP contribution is -2.43. The molecule has 0 unspecified atom stereocenters. The van der Waals surface area contributed by atoms with Crippen LogP contribution in [0.25, 0.3) is 0 Å². The molecule has 3 rings (SSSR count). The fourth-order valence-corrected chi connectivity index (χ4v) is 4.67. The predicted molar refractivity (Wildman–Crippen MR) is 120 cm³/mol. The van der Waals surface area contributed by atoms with Crippen LogP contribution in [0.3, 0.4) is 0 Å². The van der Waals surface area contributed by atoms with Gasteiger partial charge in [-0.3, -0.25) is 29.4 Å². The summed E-state index contributed by atoms with van der Waals surface area (Å²) >= 11 is 0. The molecule has 0 fully saturated rings. The number of nitrogens with one attached hydrogen (secondary N) is 2. The molecule has 2 aromatic carbocycles. The van der Waals surface area contributed by atoms with E-state index in [-0.39, 0.29) is 23.5 Å². The highest BCUT2D eigenvalue weighted by Crippen LogP contribution is 2.23. The van der Waals surface area contributed by atoms with Crippen LogP contribution in [-0.4, -0.2) is 36.6 Å². The average molecular weight is 456 g/mol. The number of sulfonamides is 1. The molecular formula is C22H25N5O4S. The normalized spacial score (nSPS) is 11.1. The molecule has 0 aliphatic carbocycles. The molecule has 0 radical (unpaired) electrons. The standard InChI is InChI=1S/C22H25N5O4S/c1-4-27(19-8-6-5-7-9-19)32(30,31)20-12-10-18(11-13-20)22(29)24-23-21(28)15-26-17(3)14-16(2)25-26/h5-14H,4,15H2,1-3H3,(H,23,28)(H,24,29). The number of hydrogen-bond donors (Lipinski definition) is 2. The Hall–Kier alpha value is -3.66. The van der Waals surface area contributed by atoms with E-state index in [0.29, 0.717) is 5.69 Å². The quantitative estimate of drug-likeness (QED) is 0.530. The van der Waals surface area contributed by atoms with E-state index in [0.717, 1.165) is 11.4 Å². The maximum Gasteiger partial charge on any atom is 0.269 e. The SMILES string of the molecule is CCN(c1ccccc1)S(=O)(=O)c1ccc(C(=O)NNC(=O)Cn2nc(C)cc2C)cc1. The number of benzene rings is 2. The van der Waals surface area contributed by atoms with Crippen molar-refractivity contribution in [3.63, 3.8) is 0 Å². The Bertz CT molecular complexity index is 1200. The minimum absolute atomic E-state index is 0.0382. The van der Waals surface area contributed by atoms with Crippen molar-refractivity contribution in [1.29, 1.82) is 0 Å². The first-order chi connectivity index (χ1) is 15.2. The summed E-state index contributed by atoms with van der Waals surface area (Å²) in [5.41, 5.74) is 7.05. The van der Waals surface area contributed by atoms with Crippen molar-refractivity contribution in [2.45, 2.75) is 32.2 Å². The number of para-hydroxylation sites is 1. The first-order valence-corrected chi connectivity index (χ1v) is 11.4. The Balaban J connectivity index is 1.65. The maximum atomic E-state index is 13.0. The van der Waals surface area contributed by atoms with Gasteiger partial charge < -0.3 is 0 Å². The van der Waals surface area contributed by atoms with Crippen molar-refractivity contribution in [3.05, 3.63) is 77.6 Å². The number of hydrogen-bond acceptors (Lipinski definition) is 5. The van der Waals surface area contributed by atoms with E-state index in [1.54, 1.807) is 31.2 Å². The summed E-state index contributed by atoms with van der Waals surface area (Å²) in [5.74, 6) is -1.00. The molecule has 32 heavy (non-hydrogen) atoms. The number of amides is 2. The highest BCUT2D eigenvalue weighted by Gasteiger charge is 2.23. The minimum Gasteiger partial charge on any atom is -0.271 e. The van der Waals surface area contributed by atoms with E-state index in [4.69, 9.17) is 0 Å². The van der Waals surface area contributed by atoms with Gasteiger partial charge in [0.05, 0.1) is 16.3 Å². The summed E-state index contributed by atoms with van der Waals surface area (Å²) in [7, 11) is -3.79. The van der Waals surface area contributed by atoms with Crippen LogP contribution in [0.1, 0.15) is 28.7 Å². The number of aromatic nitrogens is 2. The lowest BCUT2D eigenvalue weighted by Gasteiger charge is -2.23. The Kier molecular flexibility index (Phi) is 6.94. The monoisotopic (exact) mass is 455 g/mol. The van der Waals surface area contributed by atoms with Crippen molar-refractivity contribution < 1.29 is 18.0 Å². The number of aryl methyl sites for hydroxylation is 2. The van der Waals surface area contributed by atoms with Crippen molar-refractivity contribution in [2.24, 2.45) is 0 Å². The van der Waals surface area contributed by atoms with E-state index in [2.05, 4.69) is 16.0 Å². The third kappa shape index (κ3) is 5.14. The van der Waals surface area contributed by atoms with E-state index in [1.807, 2.05) is 26.0 Å². The van der Waals surface area contributed by atoms with Gasteiger partial charge in [-0.15, -0.1) is 0 Å². The van der Waals surface area contributed by atoms with Crippen molar-refractivity contribution in [1.82, 2.24) is 20.6 Å². The average Bonchev–Trinajstić information content (AvgIpc) is 3.09. The number of nitrogens with zero attached hydrogens (tertiary/aromatic N) is 3. The van der Waals surface area contributed by atoms with Crippen LogP contribution >= 0.6 is 0 Å². The number of rotatable bonds is 7. The van der Waals surface area contributed by atoms with Crippen molar-refractivity contribution in [3.8, 4) is 0 Å². The first kappa shape index (κ1) is 23.0. The molecule has 168 valence electrons. The number of carbonyl (C=O) groups is 2. The zero-order valence-electron chi connectivity index (χ0n) is 18.1. The lowest BCUT2D eigenvalue weighted by atomic mass is 10.2. The number of carbonyl (C=O) groups excluding carboxylic acids is 2. The predicted octanol–water partition coefficient (Wildman–Crippen LogP) is 2.18. The molecule has 2 amide bonds. The van der Waals surface area contributed by atoms with Gasteiger partial charge in [-0.05, 0) is 63.2 Å². The van der Waals surface area contributed by atoms with E-state index in [1.165, 1.54) is 33.3 Å². The van der Waals surface area contributed by atoms with Gasteiger partial charge >= 0.3 is 0 Å². The van der Waals surface area contributed by atoms with Gasteiger partial charge in [-0.1, -0.05) is 18.2 Å². The van der Waals surface area contributed by atoms with Crippen LogP contribution in [0.5, 0.6) is 0 Å². The molecule has 1 heterocycles. The molecule has 2 N–H and O–H groups in total. The Morgan fingerprint density at radius 3 is 2.22 bits per heavy atom. The highest BCUT2D eigenvalue weighted by atomic mass is 32.2. The van der Waals surface area contributed by atoms with Crippen LogP contribution in [0.4, 0.5) is 5.69 Å². The second-order valence-electron chi connectivity index (χ2n) is 7.12. The second kappa shape index (κ2) is 9.65. The molecule has 0 aliphatic heterocycles. The Labute approximate surface area is 187 Å². The smallest absolute Gasteiger partial charge is 0.269 e. The largest absolute Gasteiger partial charge is 0.271 e. The van der Waals surface area contributed by atoms with Crippen LogP contribution in [0.2, 0.25) is 0 Å². The molecule has 3 aromatic rings. The lowest BCUT2D eigenvalue weighted by molar-refractivity contribution is -0.122. The van der Waals surface area contributed by atoms with Crippen LogP contribution in [0.15, 0.2) is 65.6 Å². The van der Waals surface area contributed by atoms with Gasteiger partial charge in [0.1, 0.15) is 6.54 Å². The summed E-state index contributed by atoms with van der Waals surface area (Å²) in [6.45, 7) is 5.63. The van der Waals surface area contributed by atoms with Gasteiger partial charge in [0.2, 0.25) is 0 Å². The zero-order valence-corrected chi connectivity index (χ0v) is 18.9. The van der Waals surface area contributed by atoms with Gasteiger partial charge in [-0.2, -0.15) is 5.10 Å². The van der Waals surface area contributed by atoms with E-state index >= 15 is 0 Å². The Morgan fingerprint density at radius 1 is 1.00 bits per heavy atom. The maximum absolute atomic E-state index is 13.0. The second-order valence-corrected chi connectivity index (χ2v) is 8.98. The van der Waals surface area contributed by atoms with E-state index in [9.17, 15) is 18.0 Å². The van der Waals surface area contributed by atoms with Crippen molar-refractivity contribution >= 4 is 27.5 Å². The fourth-order valence-electron chi connectivity index (χ4n) is 3.20. The molecule has 0 atom stereocenters. The number of anilines is 1. The summed E-state index contributed by atoms with van der Waals surface area (Å²) in [4.78, 5) is 24.5. The summed E-state index contributed by atoms with van der Waals surface area (Å²) in [6.07, 6.45) is 0.